The molecular weight excluding hydrogens is 1200 g/mol. The van der Waals surface area contributed by atoms with Gasteiger partial charge in [-0.3, -0.25) is 37.4 Å². The number of ether oxygens (including phenoxy) is 7. The van der Waals surface area contributed by atoms with Gasteiger partial charge in [-0.05, 0) is 70.6 Å². The molecule has 0 spiro atoms. The third-order valence-electron chi connectivity index (χ3n) is 13.4. The second-order valence-electron chi connectivity index (χ2n) is 20.9. The Hall–Kier alpha value is -2.52. The molecule has 2 rings (SSSR count). The van der Waals surface area contributed by atoms with Crippen molar-refractivity contribution in [2.24, 2.45) is 5.92 Å². The van der Waals surface area contributed by atoms with Crippen LogP contribution in [0.1, 0.15) is 181 Å². The second-order valence-corrected chi connectivity index (χ2v) is 25.2. The molecule has 0 aromatic rings. The zero-order valence-electron chi connectivity index (χ0n) is 48.6. The number of hydrogen-bond acceptors (Lipinski definition) is 23. The smallest absolute Gasteiger partial charge is 0.377 e. The molecule has 2 amide bonds. The number of Topliss-reactive ketones (excluding diaryl/α,β-unsaturated/α-hetero) is 2. The second kappa shape index (κ2) is 44.0. The summed E-state index contributed by atoms with van der Waals surface area (Å²) in [4.78, 5) is 48.8. The summed E-state index contributed by atoms with van der Waals surface area (Å²) in [6.07, 6.45) is 9.55. The fraction of sp³-hybridized carbons (Fsp3) is 0.922. The Kier molecular flexibility index (Phi) is 40.6. The highest BCUT2D eigenvalue weighted by Crippen LogP contribution is 2.31. The molecule has 0 bridgehead atoms. The minimum Gasteiger partial charge on any atom is -0.377 e. The molecule has 0 aliphatic carbocycles. The van der Waals surface area contributed by atoms with Crippen LogP contribution in [0.25, 0.3) is 0 Å². The van der Waals surface area contributed by atoms with Gasteiger partial charge in [0.15, 0.2) is 24.5 Å². The van der Waals surface area contributed by atoms with Crippen molar-refractivity contribution in [1.82, 2.24) is 10.6 Å². The standard InChI is InChI=1S/C51H94N2O27S4/c1-40-35-45(79-83(64,65)66)50(77-46(40)38-75-81(58,59)60)73-29-21-13-6-9-16-24-42(54)23-15-7-3-4-8-17-25-43(55)37-71-33-31-70-32-34-72-39-48(57)53-28-19-11-5-10-18-26-47(56)52-27-20-12-14-22-30-74-51-49(80-84(67,68)69)44(36-41(2)76-51)78-82(61,62)63/h40-41,44-46,49-51H,3-39H2,1-2H3,(H,52,56)(H,53,57)(H,58,59,60)(H,61,62,63)(H,64,65,66)(H,67,68,69). The van der Waals surface area contributed by atoms with Gasteiger partial charge in [-0.15, -0.1) is 0 Å². The molecule has 494 valence electrons. The van der Waals surface area contributed by atoms with Crippen molar-refractivity contribution in [2.75, 3.05) is 72.6 Å². The number of ketones is 2. The first kappa shape index (κ1) is 77.6. The first-order valence-electron chi connectivity index (χ1n) is 29.1. The highest BCUT2D eigenvalue weighted by Gasteiger charge is 2.45. The van der Waals surface area contributed by atoms with Crippen LogP contribution in [0, 0.1) is 5.92 Å². The molecule has 2 saturated heterocycles. The van der Waals surface area contributed by atoms with Crippen LogP contribution in [-0.4, -0.2) is 191 Å². The first-order valence-corrected chi connectivity index (χ1v) is 34.6. The van der Waals surface area contributed by atoms with Crippen LogP contribution in [0.15, 0.2) is 0 Å². The number of rotatable bonds is 53. The molecule has 2 aliphatic rings. The SMILES string of the molecule is CC1CC(OS(=O)(=O)O)C(OS(=O)(=O)O)C(OCCCCCCNC(=O)CCCCCCCNC(=O)COCCOCCOCC(=O)CCCCCCCCC(=O)CCCCCCCOC2OC(COS(=O)(=O)O)C(C)CC2OS(=O)(=O)O)O1. The zero-order chi connectivity index (χ0) is 62.3. The van der Waals surface area contributed by atoms with E-state index in [1.807, 2.05) is 0 Å². The highest BCUT2D eigenvalue weighted by atomic mass is 32.3. The van der Waals surface area contributed by atoms with Gasteiger partial charge in [-0.25, -0.2) is 16.7 Å². The molecule has 8 atom stereocenters. The molecule has 33 heteroatoms. The van der Waals surface area contributed by atoms with Gasteiger partial charge in [-0.1, -0.05) is 84.0 Å². The molecule has 2 aliphatic heterocycles. The number of unbranched alkanes of at least 4 members (excludes halogenated alkanes) is 16. The number of nitrogens with one attached hydrogen (secondary N) is 2. The number of carbonyl (C=O) groups excluding carboxylic acids is 4. The Morgan fingerprint density at radius 2 is 0.881 bits per heavy atom. The molecule has 6 N–H and O–H groups in total. The molecule has 2 heterocycles. The van der Waals surface area contributed by atoms with Crippen LogP contribution in [-0.2, 0) is 111 Å². The van der Waals surface area contributed by atoms with Gasteiger partial charge < -0.3 is 43.8 Å². The van der Waals surface area contributed by atoms with Crippen molar-refractivity contribution in [2.45, 2.75) is 224 Å². The summed E-state index contributed by atoms with van der Waals surface area (Å²) in [5.74, 6) is -0.448. The van der Waals surface area contributed by atoms with Crippen LogP contribution in [0.5, 0.6) is 0 Å². The van der Waals surface area contributed by atoms with Gasteiger partial charge in [-0.2, -0.15) is 33.7 Å². The molecule has 2 fully saturated rings. The van der Waals surface area contributed by atoms with Crippen LogP contribution in [0.3, 0.4) is 0 Å². The van der Waals surface area contributed by atoms with E-state index in [1.54, 1.807) is 13.8 Å². The van der Waals surface area contributed by atoms with Crippen LogP contribution < -0.4 is 10.6 Å². The van der Waals surface area contributed by atoms with E-state index in [4.69, 9.17) is 55.6 Å². The van der Waals surface area contributed by atoms with Gasteiger partial charge in [0.05, 0.1) is 45.2 Å². The van der Waals surface area contributed by atoms with Crippen molar-refractivity contribution in [3.8, 4) is 0 Å². The van der Waals surface area contributed by atoms with Crippen molar-refractivity contribution in [1.29, 1.82) is 0 Å². The van der Waals surface area contributed by atoms with Crippen LogP contribution in [0.2, 0.25) is 0 Å². The molecular formula is C51H94N2O27S4. The molecule has 0 radical (unpaired) electrons. The minimum atomic E-state index is -5.04. The van der Waals surface area contributed by atoms with Gasteiger partial charge >= 0.3 is 41.6 Å². The molecule has 29 nitrogen and oxygen atoms in total. The van der Waals surface area contributed by atoms with E-state index in [1.165, 1.54) is 0 Å². The average Bonchev–Trinajstić information content (AvgIpc) is 2.77. The summed E-state index contributed by atoms with van der Waals surface area (Å²) >= 11 is 0. The lowest BCUT2D eigenvalue weighted by Crippen LogP contribution is -2.52. The lowest BCUT2D eigenvalue weighted by Gasteiger charge is -2.38. The normalized spacial score (nSPS) is 21.5. The third kappa shape index (κ3) is 43.2. The predicted molar refractivity (Wildman–Crippen MR) is 299 cm³/mol. The summed E-state index contributed by atoms with van der Waals surface area (Å²) in [5.41, 5.74) is 0. The quantitative estimate of drug-likeness (QED) is 0.0342. The van der Waals surface area contributed by atoms with Crippen LogP contribution in [0.4, 0.5) is 0 Å². The van der Waals surface area contributed by atoms with E-state index < -0.39 is 97.2 Å². The monoisotopic (exact) mass is 1290 g/mol. The van der Waals surface area contributed by atoms with E-state index in [9.17, 15) is 52.8 Å². The Bertz CT molecular complexity index is 2300. The van der Waals surface area contributed by atoms with E-state index in [0.29, 0.717) is 58.0 Å². The van der Waals surface area contributed by atoms with Crippen molar-refractivity contribution >= 4 is 65.0 Å². The Morgan fingerprint density at radius 1 is 0.440 bits per heavy atom. The molecule has 0 aromatic heterocycles. The summed E-state index contributed by atoms with van der Waals surface area (Å²) in [6, 6.07) is 0. The van der Waals surface area contributed by atoms with E-state index >= 15 is 0 Å². The zero-order valence-corrected chi connectivity index (χ0v) is 51.9. The summed E-state index contributed by atoms with van der Waals surface area (Å²) in [5, 5.41) is 5.71. The topological polar surface area (TPSA) is 411 Å². The first-order chi connectivity index (χ1) is 39.7. The highest BCUT2D eigenvalue weighted by molar-refractivity contribution is 7.81. The van der Waals surface area contributed by atoms with Gasteiger partial charge in [0, 0.05) is 58.4 Å². The lowest BCUT2D eigenvalue weighted by molar-refractivity contribution is -0.253. The van der Waals surface area contributed by atoms with E-state index in [-0.39, 0.29) is 89.1 Å². The van der Waals surface area contributed by atoms with Gasteiger partial charge in [0.25, 0.3) is 0 Å². The largest absolute Gasteiger partial charge is 0.397 e. The van der Waals surface area contributed by atoms with Crippen molar-refractivity contribution in [3.05, 3.63) is 0 Å². The fourth-order valence-electron chi connectivity index (χ4n) is 9.11. The van der Waals surface area contributed by atoms with E-state index in [2.05, 4.69) is 23.2 Å². The van der Waals surface area contributed by atoms with Crippen LogP contribution >= 0.6 is 0 Å². The molecule has 8 unspecified atom stereocenters. The minimum absolute atomic E-state index is 0.0220. The maximum absolute atomic E-state index is 12.3. The van der Waals surface area contributed by atoms with Gasteiger partial charge in [0.1, 0.15) is 31.2 Å². The van der Waals surface area contributed by atoms with E-state index in [0.717, 1.165) is 109 Å². The summed E-state index contributed by atoms with van der Waals surface area (Å²) in [7, 11) is -19.5. The summed E-state index contributed by atoms with van der Waals surface area (Å²) in [6.45, 7) is 4.95. The number of carbonyl (C=O) groups is 4. The maximum atomic E-state index is 12.3. The Morgan fingerprint density at radius 3 is 1.42 bits per heavy atom. The predicted octanol–water partition coefficient (Wildman–Crippen LogP) is 5.07. The van der Waals surface area contributed by atoms with Crippen molar-refractivity contribution < 1.29 is 121 Å². The fourth-order valence-corrected chi connectivity index (χ4v) is 10.9. The molecule has 0 aromatic carbocycles. The van der Waals surface area contributed by atoms with Crippen molar-refractivity contribution in [3.63, 3.8) is 0 Å². The Balaban J connectivity index is 1.31. The molecule has 0 saturated carbocycles. The summed E-state index contributed by atoms with van der Waals surface area (Å²) < 4.78 is 183. The number of amides is 2. The number of hydrogen-bond donors (Lipinski definition) is 6. The maximum Gasteiger partial charge on any atom is 0.397 e. The molecule has 84 heavy (non-hydrogen) atoms. The third-order valence-corrected chi connectivity index (χ3v) is 15.3. The Labute approximate surface area is 496 Å². The lowest BCUT2D eigenvalue weighted by atomic mass is 9.94. The average molecular weight is 1300 g/mol. The van der Waals surface area contributed by atoms with Gasteiger partial charge in [0.2, 0.25) is 11.8 Å².